The molecule has 1 aliphatic heterocycles. The molecule has 162 valence electrons. The monoisotopic (exact) mass is 460 g/mol. The van der Waals surface area contributed by atoms with E-state index in [-0.39, 0.29) is 22.4 Å². The average molecular weight is 461 g/mol. The third kappa shape index (κ3) is 4.81. The second-order valence-corrected chi connectivity index (χ2v) is 10.4. The molecule has 1 aromatic heterocycles. The van der Waals surface area contributed by atoms with Gasteiger partial charge in [-0.25, -0.2) is 12.8 Å². The van der Waals surface area contributed by atoms with Crippen molar-refractivity contribution in [3.63, 3.8) is 0 Å². The van der Waals surface area contributed by atoms with Gasteiger partial charge >= 0.3 is 0 Å². The lowest BCUT2D eigenvalue weighted by molar-refractivity contribution is 0.102. The Morgan fingerprint density at radius 3 is 2.71 bits per heavy atom. The van der Waals surface area contributed by atoms with Crippen molar-refractivity contribution in [1.82, 2.24) is 14.5 Å². The zero-order chi connectivity index (χ0) is 22.0. The normalized spacial score (nSPS) is 17.4. The molecule has 1 atom stereocenters. The lowest BCUT2D eigenvalue weighted by Gasteiger charge is -2.30. The number of carbonyl (C=O) groups is 1. The highest BCUT2D eigenvalue weighted by molar-refractivity contribution is 7.89. The van der Waals surface area contributed by atoms with Crippen molar-refractivity contribution in [1.29, 1.82) is 0 Å². The molecule has 7 nitrogen and oxygen atoms in total. The van der Waals surface area contributed by atoms with Crippen LogP contribution in [0.1, 0.15) is 39.1 Å². The van der Waals surface area contributed by atoms with Gasteiger partial charge in [-0.1, -0.05) is 35.1 Å². The molecule has 1 aliphatic rings. The highest BCUT2D eigenvalue weighted by Crippen LogP contribution is 2.32. The topological polar surface area (TPSA) is 92.3 Å². The van der Waals surface area contributed by atoms with E-state index in [1.165, 1.54) is 22.5 Å². The van der Waals surface area contributed by atoms with Crippen LogP contribution in [0.4, 0.5) is 10.1 Å². The number of carbonyl (C=O) groups excluding carboxylic acids is 1. The largest absolute Gasteiger partial charge is 0.320 e. The molecule has 3 aromatic rings. The highest BCUT2D eigenvalue weighted by atomic mass is 32.2. The van der Waals surface area contributed by atoms with Crippen LogP contribution in [0.2, 0.25) is 0 Å². The first-order valence-corrected chi connectivity index (χ1v) is 12.1. The van der Waals surface area contributed by atoms with Gasteiger partial charge in [0.1, 0.15) is 10.8 Å². The molecule has 1 amide bonds. The van der Waals surface area contributed by atoms with E-state index in [0.29, 0.717) is 23.7 Å². The molecule has 1 N–H and O–H groups in total. The van der Waals surface area contributed by atoms with Crippen molar-refractivity contribution >= 4 is 33.0 Å². The molecule has 31 heavy (non-hydrogen) atoms. The molecular weight excluding hydrogens is 439 g/mol. The number of aryl methyl sites for hydroxylation is 1. The summed E-state index contributed by atoms with van der Waals surface area (Å²) >= 11 is 1.13. The molecule has 0 saturated carbocycles. The maximum Gasteiger partial charge on any atom is 0.286 e. The van der Waals surface area contributed by atoms with Gasteiger partial charge in [-0.2, -0.15) is 4.31 Å². The Labute approximate surface area is 184 Å². The lowest BCUT2D eigenvalue weighted by Crippen LogP contribution is -2.39. The first-order chi connectivity index (χ1) is 14.8. The van der Waals surface area contributed by atoms with Gasteiger partial charge in [0, 0.05) is 24.7 Å². The van der Waals surface area contributed by atoms with E-state index >= 15 is 0 Å². The van der Waals surface area contributed by atoms with E-state index in [9.17, 15) is 17.6 Å². The van der Waals surface area contributed by atoms with Crippen LogP contribution in [0.25, 0.3) is 0 Å². The summed E-state index contributed by atoms with van der Waals surface area (Å²) in [5, 5.41) is 11.5. The van der Waals surface area contributed by atoms with Gasteiger partial charge in [0.25, 0.3) is 5.91 Å². The molecule has 0 aliphatic carbocycles. The second-order valence-electron chi connectivity index (χ2n) is 7.43. The summed E-state index contributed by atoms with van der Waals surface area (Å²) in [4.78, 5) is 12.7. The van der Waals surface area contributed by atoms with Crippen molar-refractivity contribution in [3.8, 4) is 0 Å². The van der Waals surface area contributed by atoms with Gasteiger partial charge in [0.2, 0.25) is 15.0 Å². The van der Waals surface area contributed by atoms with E-state index < -0.39 is 21.7 Å². The molecule has 0 radical (unpaired) electrons. The predicted octanol–water partition coefficient (Wildman–Crippen LogP) is 3.81. The summed E-state index contributed by atoms with van der Waals surface area (Å²) in [6, 6.07) is 12.4. The Kier molecular flexibility index (Phi) is 6.12. The first-order valence-electron chi connectivity index (χ1n) is 9.80. The molecule has 10 heteroatoms. The maximum absolute atomic E-state index is 13.3. The Hall–Kier alpha value is -2.69. The third-order valence-corrected chi connectivity index (χ3v) is 8.07. The van der Waals surface area contributed by atoms with Crippen molar-refractivity contribution < 1.29 is 17.6 Å². The van der Waals surface area contributed by atoms with Crippen molar-refractivity contribution in [2.45, 2.75) is 30.6 Å². The van der Waals surface area contributed by atoms with E-state index in [1.54, 1.807) is 30.3 Å². The van der Waals surface area contributed by atoms with Gasteiger partial charge in [-0.3, -0.25) is 4.79 Å². The van der Waals surface area contributed by atoms with Gasteiger partial charge in [-0.05, 0) is 50.1 Å². The molecular formula is C21H21FN4O3S2. The number of nitrogens with one attached hydrogen (secondary N) is 1. The molecule has 0 bridgehead atoms. The van der Waals surface area contributed by atoms with E-state index in [2.05, 4.69) is 15.5 Å². The van der Waals surface area contributed by atoms with E-state index in [0.717, 1.165) is 23.3 Å². The SMILES string of the molecule is Cc1ccc(S(=O)(=O)N2CCCC(c3nnc(C(=O)Nc4cccc(F)c4)s3)C2)cc1. The molecule has 1 saturated heterocycles. The lowest BCUT2D eigenvalue weighted by atomic mass is 10.0. The van der Waals surface area contributed by atoms with Crippen LogP contribution in [0.5, 0.6) is 0 Å². The summed E-state index contributed by atoms with van der Waals surface area (Å²) in [6.45, 7) is 2.64. The number of benzene rings is 2. The number of amides is 1. The number of piperidine rings is 1. The number of hydrogen-bond acceptors (Lipinski definition) is 6. The summed E-state index contributed by atoms with van der Waals surface area (Å²) < 4.78 is 40.8. The van der Waals surface area contributed by atoms with Crippen molar-refractivity contribution in [2.24, 2.45) is 0 Å². The van der Waals surface area contributed by atoms with Crippen LogP contribution in [0.3, 0.4) is 0 Å². The zero-order valence-electron chi connectivity index (χ0n) is 16.8. The van der Waals surface area contributed by atoms with Gasteiger partial charge in [0.05, 0.1) is 4.90 Å². The molecule has 1 unspecified atom stereocenters. The average Bonchev–Trinajstić information content (AvgIpc) is 3.25. The van der Waals surface area contributed by atoms with E-state index in [4.69, 9.17) is 0 Å². The minimum absolute atomic E-state index is 0.137. The molecule has 1 fully saturated rings. The molecule has 0 spiro atoms. The van der Waals surface area contributed by atoms with Crippen molar-refractivity contribution in [3.05, 3.63) is 69.9 Å². The second kappa shape index (κ2) is 8.81. The number of aromatic nitrogens is 2. The Morgan fingerprint density at radius 1 is 1.19 bits per heavy atom. The minimum Gasteiger partial charge on any atom is -0.320 e. The predicted molar refractivity (Wildman–Crippen MR) is 116 cm³/mol. The van der Waals surface area contributed by atoms with Crippen LogP contribution in [0, 0.1) is 12.7 Å². The Morgan fingerprint density at radius 2 is 1.97 bits per heavy atom. The van der Waals surface area contributed by atoms with Crippen LogP contribution in [0.15, 0.2) is 53.4 Å². The number of halogens is 1. The standard InChI is InChI=1S/C21H21FN4O3S2/c1-14-7-9-18(10-8-14)31(28,29)26-11-3-4-15(13-26)20-24-25-21(30-20)19(27)23-17-6-2-5-16(22)12-17/h2,5-10,12,15H,3-4,11,13H2,1H3,(H,23,27). The van der Waals surface area contributed by atoms with E-state index in [1.807, 2.05) is 6.92 Å². The quantitative estimate of drug-likeness (QED) is 0.625. The van der Waals surface area contributed by atoms with Crippen LogP contribution >= 0.6 is 11.3 Å². The Bertz CT molecular complexity index is 1200. The van der Waals surface area contributed by atoms with Crippen LogP contribution < -0.4 is 5.32 Å². The number of anilines is 1. The van der Waals surface area contributed by atoms with Gasteiger partial charge in [0.15, 0.2) is 0 Å². The summed E-state index contributed by atoms with van der Waals surface area (Å²) in [6.07, 6.45) is 1.46. The minimum atomic E-state index is -3.60. The fourth-order valence-corrected chi connectivity index (χ4v) is 5.85. The number of hydrogen-bond donors (Lipinski definition) is 1. The van der Waals surface area contributed by atoms with Crippen LogP contribution in [-0.2, 0) is 10.0 Å². The summed E-state index contributed by atoms with van der Waals surface area (Å²) in [5.41, 5.74) is 1.32. The fraction of sp³-hybridized carbons (Fsp3) is 0.286. The fourth-order valence-electron chi connectivity index (χ4n) is 3.46. The third-order valence-electron chi connectivity index (χ3n) is 5.11. The van der Waals surface area contributed by atoms with Crippen molar-refractivity contribution in [2.75, 3.05) is 18.4 Å². The molecule has 2 heterocycles. The summed E-state index contributed by atoms with van der Waals surface area (Å²) in [7, 11) is -3.60. The first kappa shape index (κ1) is 21.5. The highest BCUT2D eigenvalue weighted by Gasteiger charge is 2.32. The smallest absolute Gasteiger partial charge is 0.286 e. The van der Waals surface area contributed by atoms with Crippen LogP contribution in [-0.4, -0.2) is 41.9 Å². The zero-order valence-corrected chi connectivity index (χ0v) is 18.4. The Balaban J connectivity index is 1.47. The van der Waals surface area contributed by atoms with Gasteiger partial charge < -0.3 is 5.32 Å². The van der Waals surface area contributed by atoms with Gasteiger partial charge in [-0.15, -0.1) is 10.2 Å². The number of rotatable bonds is 5. The molecule has 2 aromatic carbocycles. The maximum atomic E-state index is 13.3. The number of sulfonamides is 1. The summed E-state index contributed by atoms with van der Waals surface area (Å²) in [5.74, 6) is -1.07. The number of nitrogens with zero attached hydrogens (tertiary/aromatic N) is 3. The molecule has 4 rings (SSSR count).